The Labute approximate surface area is 71.2 Å². The minimum absolute atomic E-state index is 0.337. The van der Waals surface area contributed by atoms with Crippen molar-refractivity contribution < 1.29 is 4.42 Å². The summed E-state index contributed by atoms with van der Waals surface area (Å²) in [5.41, 5.74) is 5.78. The van der Waals surface area contributed by atoms with Gasteiger partial charge in [0.2, 0.25) is 11.8 Å². The molecule has 2 rings (SSSR count). The standard InChI is InChI=1S/C8H13N3O/c1-8(2-3-8)4-6-10-11-7(5-9)12-6/h2-5,9H2,1H3. The summed E-state index contributed by atoms with van der Waals surface area (Å²) in [6, 6.07) is 0. The van der Waals surface area contributed by atoms with Crippen LogP contribution < -0.4 is 5.73 Å². The first-order valence-electron chi connectivity index (χ1n) is 4.23. The van der Waals surface area contributed by atoms with Gasteiger partial charge in [0.1, 0.15) is 0 Å². The van der Waals surface area contributed by atoms with Crippen LogP contribution in [0.2, 0.25) is 0 Å². The van der Waals surface area contributed by atoms with Crippen LogP contribution in [0.1, 0.15) is 31.5 Å². The highest BCUT2D eigenvalue weighted by Gasteiger charge is 2.38. The normalized spacial score (nSPS) is 19.5. The monoisotopic (exact) mass is 167 g/mol. The Morgan fingerprint density at radius 1 is 1.42 bits per heavy atom. The van der Waals surface area contributed by atoms with Crippen LogP contribution in [0.3, 0.4) is 0 Å². The van der Waals surface area contributed by atoms with E-state index in [1.54, 1.807) is 0 Å². The van der Waals surface area contributed by atoms with Gasteiger partial charge in [-0.2, -0.15) is 0 Å². The molecule has 0 bridgehead atoms. The Balaban J connectivity index is 2.03. The molecule has 0 aliphatic heterocycles. The SMILES string of the molecule is CC1(Cc2nnc(CN)o2)CC1. The van der Waals surface area contributed by atoms with Gasteiger partial charge in [0.15, 0.2) is 0 Å². The summed E-state index contributed by atoms with van der Waals surface area (Å²) in [6.45, 7) is 2.57. The van der Waals surface area contributed by atoms with Gasteiger partial charge in [-0.25, -0.2) is 0 Å². The molecule has 2 N–H and O–H groups in total. The molecule has 1 saturated carbocycles. The first-order chi connectivity index (χ1) is 5.72. The van der Waals surface area contributed by atoms with E-state index < -0.39 is 0 Å². The Morgan fingerprint density at radius 2 is 2.08 bits per heavy atom. The lowest BCUT2D eigenvalue weighted by molar-refractivity contribution is 0.409. The summed E-state index contributed by atoms with van der Waals surface area (Å²) in [5, 5.41) is 7.72. The van der Waals surface area contributed by atoms with E-state index in [0.717, 1.165) is 12.3 Å². The first-order valence-corrected chi connectivity index (χ1v) is 4.23. The Morgan fingerprint density at radius 3 is 2.58 bits per heavy atom. The largest absolute Gasteiger partial charge is 0.424 e. The van der Waals surface area contributed by atoms with E-state index in [0.29, 0.717) is 17.9 Å². The van der Waals surface area contributed by atoms with Crippen LogP contribution in [0.15, 0.2) is 4.42 Å². The summed E-state index contributed by atoms with van der Waals surface area (Å²) in [6.07, 6.45) is 3.45. The molecule has 0 radical (unpaired) electrons. The molecule has 4 nitrogen and oxygen atoms in total. The second-order valence-electron chi connectivity index (χ2n) is 3.78. The molecule has 1 aromatic rings. The van der Waals surface area contributed by atoms with E-state index in [4.69, 9.17) is 10.2 Å². The minimum atomic E-state index is 0.337. The van der Waals surface area contributed by atoms with E-state index in [-0.39, 0.29) is 0 Å². The fourth-order valence-corrected chi connectivity index (χ4v) is 1.20. The van der Waals surface area contributed by atoms with Crippen LogP contribution in [0, 0.1) is 5.41 Å². The number of hydrogen-bond donors (Lipinski definition) is 1. The lowest BCUT2D eigenvalue weighted by Gasteiger charge is -2.00. The molecule has 0 aromatic carbocycles. The van der Waals surface area contributed by atoms with Gasteiger partial charge >= 0.3 is 0 Å². The van der Waals surface area contributed by atoms with Crippen molar-refractivity contribution in [3.8, 4) is 0 Å². The van der Waals surface area contributed by atoms with Crippen LogP contribution >= 0.6 is 0 Å². The number of rotatable bonds is 3. The molecule has 4 heteroatoms. The van der Waals surface area contributed by atoms with Crippen molar-refractivity contribution >= 4 is 0 Å². The molecule has 1 aliphatic rings. The molecule has 1 heterocycles. The van der Waals surface area contributed by atoms with Gasteiger partial charge in [-0.15, -0.1) is 10.2 Å². The van der Waals surface area contributed by atoms with Crippen LogP contribution in [-0.2, 0) is 13.0 Å². The fraction of sp³-hybridized carbons (Fsp3) is 0.750. The summed E-state index contributed by atoms with van der Waals surface area (Å²) < 4.78 is 5.30. The third-order valence-electron chi connectivity index (χ3n) is 2.36. The Hall–Kier alpha value is -0.900. The molecule has 1 fully saturated rings. The van der Waals surface area contributed by atoms with Crippen molar-refractivity contribution in [2.45, 2.75) is 32.7 Å². The maximum Gasteiger partial charge on any atom is 0.230 e. The first kappa shape index (κ1) is 7.73. The maximum absolute atomic E-state index is 5.35. The van der Waals surface area contributed by atoms with Gasteiger partial charge in [-0.05, 0) is 18.3 Å². The molecule has 0 spiro atoms. The summed E-state index contributed by atoms with van der Waals surface area (Å²) in [7, 11) is 0. The number of hydrogen-bond acceptors (Lipinski definition) is 4. The van der Waals surface area contributed by atoms with Gasteiger partial charge in [-0.1, -0.05) is 6.92 Å². The molecular formula is C8H13N3O. The topological polar surface area (TPSA) is 64.9 Å². The van der Waals surface area contributed by atoms with Crippen molar-refractivity contribution in [2.75, 3.05) is 0 Å². The molecule has 0 unspecified atom stereocenters. The molecule has 1 aromatic heterocycles. The second kappa shape index (κ2) is 2.55. The number of nitrogens with two attached hydrogens (primary N) is 1. The smallest absolute Gasteiger partial charge is 0.230 e. The van der Waals surface area contributed by atoms with Gasteiger partial charge in [0, 0.05) is 6.42 Å². The van der Waals surface area contributed by atoms with Crippen molar-refractivity contribution in [2.24, 2.45) is 11.1 Å². The van der Waals surface area contributed by atoms with E-state index >= 15 is 0 Å². The highest BCUT2D eigenvalue weighted by molar-refractivity contribution is 4.96. The van der Waals surface area contributed by atoms with E-state index in [1.165, 1.54) is 12.8 Å². The second-order valence-corrected chi connectivity index (χ2v) is 3.78. The van der Waals surface area contributed by atoms with Crippen molar-refractivity contribution in [1.29, 1.82) is 0 Å². The summed E-state index contributed by atoms with van der Waals surface area (Å²) in [4.78, 5) is 0. The summed E-state index contributed by atoms with van der Waals surface area (Å²) >= 11 is 0. The van der Waals surface area contributed by atoms with Gasteiger partial charge in [0.05, 0.1) is 6.54 Å². The lowest BCUT2D eigenvalue weighted by atomic mass is 10.1. The van der Waals surface area contributed by atoms with Crippen LogP contribution in [0.4, 0.5) is 0 Å². The molecule has 1 aliphatic carbocycles. The van der Waals surface area contributed by atoms with E-state index in [9.17, 15) is 0 Å². The predicted octanol–water partition coefficient (Wildman–Crippen LogP) is 0.871. The van der Waals surface area contributed by atoms with Crippen LogP contribution in [-0.4, -0.2) is 10.2 Å². The lowest BCUT2D eigenvalue weighted by Crippen LogP contribution is -1.98. The van der Waals surface area contributed by atoms with Crippen molar-refractivity contribution in [3.63, 3.8) is 0 Å². The number of nitrogens with zero attached hydrogens (tertiary/aromatic N) is 2. The van der Waals surface area contributed by atoms with Crippen molar-refractivity contribution in [3.05, 3.63) is 11.8 Å². The van der Waals surface area contributed by atoms with Gasteiger partial charge < -0.3 is 10.2 Å². The minimum Gasteiger partial charge on any atom is -0.424 e. The molecular weight excluding hydrogens is 154 g/mol. The van der Waals surface area contributed by atoms with E-state index in [1.807, 2.05) is 0 Å². The molecule has 12 heavy (non-hydrogen) atoms. The van der Waals surface area contributed by atoms with Gasteiger partial charge in [-0.3, -0.25) is 0 Å². The van der Waals surface area contributed by atoms with Crippen molar-refractivity contribution in [1.82, 2.24) is 10.2 Å². The fourth-order valence-electron chi connectivity index (χ4n) is 1.20. The third kappa shape index (κ3) is 1.48. The predicted molar refractivity (Wildman–Crippen MR) is 43.2 cm³/mol. The molecule has 0 saturated heterocycles. The number of aromatic nitrogens is 2. The van der Waals surface area contributed by atoms with Crippen LogP contribution in [0.5, 0.6) is 0 Å². The zero-order valence-corrected chi connectivity index (χ0v) is 7.21. The third-order valence-corrected chi connectivity index (χ3v) is 2.36. The highest BCUT2D eigenvalue weighted by Crippen LogP contribution is 2.47. The molecule has 0 amide bonds. The maximum atomic E-state index is 5.35. The average Bonchev–Trinajstić information content (AvgIpc) is 2.63. The van der Waals surface area contributed by atoms with Gasteiger partial charge in [0.25, 0.3) is 0 Å². The average molecular weight is 167 g/mol. The Bertz CT molecular complexity index is 278. The highest BCUT2D eigenvalue weighted by atomic mass is 16.4. The Kier molecular flexibility index (Phi) is 1.65. The van der Waals surface area contributed by atoms with E-state index in [2.05, 4.69) is 17.1 Å². The van der Waals surface area contributed by atoms with Crippen LogP contribution in [0.25, 0.3) is 0 Å². The molecule has 0 atom stereocenters. The molecule has 66 valence electrons. The summed E-state index contributed by atoms with van der Waals surface area (Å²) in [5.74, 6) is 1.27. The quantitative estimate of drug-likeness (QED) is 0.725. The zero-order valence-electron chi connectivity index (χ0n) is 7.21. The zero-order chi connectivity index (χ0) is 8.60.